The number of hydrogen-bond donors (Lipinski definition) is 2. The highest BCUT2D eigenvalue weighted by Gasteiger charge is 2.31. The zero-order chi connectivity index (χ0) is 41.8. The molecule has 58 heavy (non-hydrogen) atoms. The molecule has 4 heterocycles. The monoisotopic (exact) mass is 832 g/mol. The van der Waals surface area contributed by atoms with Crippen LogP contribution in [0.25, 0.3) is 11.0 Å². The number of hydrogen-bond acceptors (Lipinski definition) is 11. The molecule has 15 heteroatoms. The topological polar surface area (TPSA) is 126 Å². The Morgan fingerprint density at radius 1 is 0.948 bits per heavy atom. The Balaban J connectivity index is 1.21. The van der Waals surface area contributed by atoms with Gasteiger partial charge in [0.25, 0.3) is 0 Å². The lowest BCUT2D eigenvalue weighted by Gasteiger charge is -2.43. The fourth-order valence-corrected chi connectivity index (χ4v) is 9.60. The van der Waals surface area contributed by atoms with Crippen molar-refractivity contribution in [1.29, 1.82) is 0 Å². The first-order valence-corrected chi connectivity index (χ1v) is 27.0. The number of benzene rings is 2. The molecule has 1 amide bonds. The molecule has 2 aliphatic rings. The van der Waals surface area contributed by atoms with Gasteiger partial charge < -0.3 is 43.8 Å². The van der Waals surface area contributed by atoms with Crippen LogP contribution < -0.4 is 25.6 Å². The number of nitrogens with zero attached hydrogens (tertiary/aromatic N) is 6. The maximum atomic E-state index is 13.3. The molecular weight excluding hydrogens is 768 g/mol. The molecule has 6 rings (SSSR count). The first kappa shape index (κ1) is 43.5. The third-order valence-corrected chi connectivity index (χ3v) is 14.2. The molecule has 2 aromatic carbocycles. The summed E-state index contributed by atoms with van der Waals surface area (Å²) >= 11 is 0. The van der Waals surface area contributed by atoms with Gasteiger partial charge in [0.1, 0.15) is 36.7 Å². The second-order valence-corrected chi connectivity index (χ2v) is 26.9. The van der Waals surface area contributed by atoms with Gasteiger partial charge in [-0.2, -0.15) is 9.97 Å². The summed E-state index contributed by atoms with van der Waals surface area (Å²) in [6.45, 7) is 24.6. The minimum Gasteiger partial charge on any atom is -0.494 e. The number of nitrogens with one attached hydrogen (secondary N) is 2. The number of amides is 1. The molecule has 0 atom stereocenters. The molecule has 4 aromatic rings. The minimum atomic E-state index is -2.59. The number of ether oxygens (including phenoxy) is 3. The van der Waals surface area contributed by atoms with Crippen LogP contribution in [-0.2, 0) is 27.2 Å². The number of piperazine rings is 1. The van der Waals surface area contributed by atoms with Crippen molar-refractivity contribution in [2.45, 2.75) is 91.0 Å². The molecular formula is C43H65N8O5PSi. The Bertz CT molecular complexity index is 2090. The third-order valence-electron chi connectivity index (χ3n) is 10.9. The summed E-state index contributed by atoms with van der Waals surface area (Å²) in [6.07, 6.45) is 4.71. The molecule has 2 aliphatic heterocycles. The van der Waals surface area contributed by atoms with E-state index in [-0.39, 0.29) is 6.09 Å². The molecule has 0 spiro atoms. The summed E-state index contributed by atoms with van der Waals surface area (Å²) in [6, 6.07) is 15.6. The highest BCUT2D eigenvalue weighted by Crippen LogP contribution is 2.40. The largest absolute Gasteiger partial charge is 0.494 e. The van der Waals surface area contributed by atoms with Gasteiger partial charge in [0.15, 0.2) is 0 Å². The number of rotatable bonds is 14. The van der Waals surface area contributed by atoms with Gasteiger partial charge in [0.2, 0.25) is 5.95 Å². The van der Waals surface area contributed by atoms with Crippen molar-refractivity contribution in [2.75, 3.05) is 81.8 Å². The number of piperidine rings is 1. The Labute approximate surface area is 346 Å². The van der Waals surface area contributed by atoms with Crippen LogP contribution in [0.2, 0.25) is 25.7 Å². The summed E-state index contributed by atoms with van der Waals surface area (Å²) in [5.41, 5.74) is 4.16. The SMILES string of the molecule is CCc1cc(Nc2nc(Nc3ccccc3P(C)(C)=O)c3ccn(COCC[Si](C)(C)C)c3n2)c(OC)cc1N1CCC(N2CCN(C(=O)OC(C)(C)C)CC2)CC1. The van der Waals surface area contributed by atoms with Crippen LogP contribution in [0.4, 0.5) is 33.6 Å². The highest BCUT2D eigenvalue weighted by molar-refractivity contribution is 7.70. The molecule has 2 saturated heterocycles. The number of carbonyl (C=O) groups is 1. The lowest BCUT2D eigenvalue weighted by Crippen LogP contribution is -2.55. The maximum Gasteiger partial charge on any atom is 0.410 e. The number of fused-ring (bicyclic) bond motifs is 1. The van der Waals surface area contributed by atoms with Crippen molar-refractivity contribution in [3.8, 4) is 5.75 Å². The molecule has 0 saturated carbocycles. The van der Waals surface area contributed by atoms with Gasteiger partial charge in [-0.05, 0) is 89.2 Å². The van der Waals surface area contributed by atoms with Gasteiger partial charge in [-0.25, -0.2) is 4.79 Å². The molecule has 0 unspecified atom stereocenters. The predicted molar refractivity (Wildman–Crippen MR) is 241 cm³/mol. The Morgan fingerprint density at radius 2 is 1.66 bits per heavy atom. The fourth-order valence-electron chi connectivity index (χ4n) is 7.68. The summed E-state index contributed by atoms with van der Waals surface area (Å²) in [5, 5.41) is 8.63. The second-order valence-electron chi connectivity index (χ2n) is 18.1. The molecule has 2 fully saturated rings. The van der Waals surface area contributed by atoms with Crippen molar-refractivity contribution >= 4 is 66.5 Å². The highest BCUT2D eigenvalue weighted by atomic mass is 31.2. The van der Waals surface area contributed by atoms with Crippen molar-refractivity contribution in [3.05, 3.63) is 54.2 Å². The molecule has 2 aromatic heterocycles. The van der Waals surface area contributed by atoms with Gasteiger partial charge >= 0.3 is 6.09 Å². The molecule has 0 radical (unpaired) electrons. The number of aromatic nitrogens is 3. The Morgan fingerprint density at radius 3 is 2.29 bits per heavy atom. The number of para-hydroxylation sites is 1. The summed E-state index contributed by atoms with van der Waals surface area (Å²) in [7, 11) is -2.14. The summed E-state index contributed by atoms with van der Waals surface area (Å²) in [5.74, 6) is 1.72. The van der Waals surface area contributed by atoms with Crippen molar-refractivity contribution in [1.82, 2.24) is 24.3 Å². The molecule has 316 valence electrons. The first-order valence-electron chi connectivity index (χ1n) is 20.7. The smallest absolute Gasteiger partial charge is 0.410 e. The molecule has 2 N–H and O–H groups in total. The number of anilines is 5. The lowest BCUT2D eigenvalue weighted by molar-refractivity contribution is 0.00901. The summed E-state index contributed by atoms with van der Waals surface area (Å²) in [4.78, 5) is 29.5. The number of carbonyl (C=O) groups excluding carboxylic acids is 1. The average Bonchev–Trinajstić information content (AvgIpc) is 3.58. The van der Waals surface area contributed by atoms with Crippen LogP contribution >= 0.6 is 7.14 Å². The molecule has 13 nitrogen and oxygen atoms in total. The molecule has 0 bridgehead atoms. The third kappa shape index (κ3) is 10.9. The van der Waals surface area contributed by atoms with Crippen molar-refractivity contribution in [2.24, 2.45) is 0 Å². The van der Waals surface area contributed by atoms with E-state index in [1.54, 1.807) is 20.4 Å². The molecule has 0 aliphatic carbocycles. The average molecular weight is 833 g/mol. The number of aryl methyl sites for hydroxylation is 1. The van der Waals surface area contributed by atoms with Crippen molar-refractivity contribution < 1.29 is 23.6 Å². The van der Waals surface area contributed by atoms with Crippen LogP contribution in [0, 0.1) is 0 Å². The zero-order valence-corrected chi connectivity index (χ0v) is 38.2. The van der Waals surface area contributed by atoms with Crippen LogP contribution in [0.3, 0.4) is 0 Å². The van der Waals surface area contributed by atoms with Crippen LogP contribution in [0.1, 0.15) is 46.1 Å². The van der Waals surface area contributed by atoms with Crippen molar-refractivity contribution in [3.63, 3.8) is 0 Å². The van der Waals surface area contributed by atoms with E-state index in [1.807, 2.05) is 66.8 Å². The van der Waals surface area contributed by atoms with E-state index in [2.05, 4.69) is 59.1 Å². The standard InChI is InChI=1S/C43H65N8O5PSi/c1-11-31-28-35(37(54-5)29-36(31)49-19-16-32(17-20-49)48-22-24-50(25-23-48)42(52)56-43(2,3)4)45-41-46-39(44-34-14-12-13-15-38(34)57(6,7)53)33-18-21-51(40(33)47-41)30-55-26-27-58(8,9)10/h12-15,18,21,28-29,32H,11,16-17,19-20,22-27,30H2,1-10H3,(H2,44,45,46,47). The van der Waals surface area contributed by atoms with Gasteiger partial charge in [-0.1, -0.05) is 38.7 Å². The van der Waals surface area contributed by atoms with E-state index in [9.17, 15) is 9.36 Å². The number of methoxy groups -OCH3 is 1. The van der Waals surface area contributed by atoms with Crippen LogP contribution in [0.5, 0.6) is 5.75 Å². The normalized spacial score (nSPS) is 16.2. The van der Waals surface area contributed by atoms with E-state index in [4.69, 9.17) is 24.2 Å². The van der Waals surface area contributed by atoms with E-state index in [1.165, 1.54) is 11.3 Å². The van der Waals surface area contributed by atoms with Crippen LogP contribution in [-0.4, -0.2) is 116 Å². The van der Waals surface area contributed by atoms with Gasteiger partial charge in [-0.15, -0.1) is 0 Å². The van der Waals surface area contributed by atoms with E-state index in [0.717, 1.165) is 79.2 Å². The quantitative estimate of drug-likeness (QED) is 0.0721. The lowest BCUT2D eigenvalue weighted by atomic mass is 9.99. The minimum absolute atomic E-state index is 0.218. The Hall–Kier alpha value is -4.10. The zero-order valence-electron chi connectivity index (χ0n) is 36.4. The first-order chi connectivity index (χ1) is 27.4. The summed E-state index contributed by atoms with van der Waals surface area (Å²) < 4.78 is 33.1. The van der Waals surface area contributed by atoms with Crippen LogP contribution in [0.15, 0.2) is 48.7 Å². The van der Waals surface area contributed by atoms with E-state index in [0.29, 0.717) is 50.0 Å². The predicted octanol–water partition coefficient (Wildman–Crippen LogP) is 8.57. The Kier molecular flexibility index (Phi) is 13.5. The van der Waals surface area contributed by atoms with Gasteiger partial charge in [0.05, 0.1) is 23.9 Å². The van der Waals surface area contributed by atoms with E-state index < -0.39 is 20.8 Å². The fraction of sp³-hybridized carbons (Fsp3) is 0.558. The van der Waals surface area contributed by atoms with Gasteiger partial charge in [0, 0.05) is 83.2 Å². The van der Waals surface area contributed by atoms with Gasteiger partial charge in [-0.3, -0.25) is 4.90 Å². The maximum absolute atomic E-state index is 13.3. The van der Waals surface area contributed by atoms with E-state index >= 15 is 0 Å². The second kappa shape index (κ2) is 18.0.